The van der Waals surface area contributed by atoms with E-state index in [4.69, 9.17) is 5.73 Å². The summed E-state index contributed by atoms with van der Waals surface area (Å²) < 4.78 is 1.81. The fraction of sp³-hybridized carbons (Fsp3) is 0.250. The quantitative estimate of drug-likeness (QED) is 0.556. The van der Waals surface area contributed by atoms with Crippen LogP contribution in [0.5, 0.6) is 0 Å². The second-order valence-electron chi connectivity index (χ2n) is 8.05. The third-order valence-electron chi connectivity index (χ3n) is 5.86. The fourth-order valence-corrected chi connectivity index (χ4v) is 4.11. The summed E-state index contributed by atoms with van der Waals surface area (Å²) >= 11 is 0. The first-order valence-electron chi connectivity index (χ1n) is 10.4. The maximum Gasteiger partial charge on any atom is 0.151 e. The highest BCUT2D eigenvalue weighted by atomic mass is 15.3. The number of aromatic nitrogens is 4. The Bertz CT molecular complexity index is 1280. The first-order valence-corrected chi connectivity index (χ1v) is 10.4. The zero-order chi connectivity index (χ0) is 21.4. The van der Waals surface area contributed by atoms with Crippen LogP contribution in [-0.2, 0) is 7.05 Å². The molecule has 0 aliphatic carbocycles. The molecule has 2 aromatic heterocycles. The molecule has 3 heterocycles. The Labute approximate surface area is 180 Å². The molecule has 7 heteroatoms. The number of piperidine rings is 1. The minimum Gasteiger partial charge on any atom is -0.355 e. The van der Waals surface area contributed by atoms with E-state index in [1.807, 2.05) is 48.3 Å². The van der Waals surface area contributed by atoms with Gasteiger partial charge in [0.25, 0.3) is 0 Å². The molecule has 2 aromatic carbocycles. The highest BCUT2D eigenvalue weighted by Gasteiger charge is 2.20. The zero-order valence-corrected chi connectivity index (χ0v) is 17.4. The van der Waals surface area contributed by atoms with Crippen molar-refractivity contribution in [2.75, 3.05) is 18.0 Å². The van der Waals surface area contributed by atoms with Crippen LogP contribution in [0.1, 0.15) is 18.4 Å². The predicted molar refractivity (Wildman–Crippen MR) is 121 cm³/mol. The van der Waals surface area contributed by atoms with Crippen molar-refractivity contribution in [2.24, 2.45) is 12.8 Å². The molecule has 1 aliphatic rings. The molecule has 2 N–H and O–H groups in total. The summed E-state index contributed by atoms with van der Waals surface area (Å²) in [6.07, 6.45) is 3.90. The summed E-state index contributed by atoms with van der Waals surface area (Å²) in [5.41, 5.74) is 11.4. The van der Waals surface area contributed by atoms with Gasteiger partial charge in [-0.25, -0.2) is 0 Å². The SMILES string of the molecule is Cn1cc2ccc(-c3nnc(N4CCC(N)CC4)cc3-c3ccc(C#N)cc3)cc2n1. The lowest BCUT2D eigenvalue weighted by Crippen LogP contribution is -2.40. The Kier molecular flexibility index (Phi) is 4.85. The van der Waals surface area contributed by atoms with Gasteiger partial charge in [-0.2, -0.15) is 10.4 Å². The number of rotatable bonds is 3. The molecule has 1 fully saturated rings. The number of hydrogen-bond acceptors (Lipinski definition) is 6. The molecule has 0 amide bonds. The number of hydrogen-bond donors (Lipinski definition) is 1. The molecule has 0 atom stereocenters. The van der Waals surface area contributed by atoms with Gasteiger partial charge >= 0.3 is 0 Å². The molecule has 31 heavy (non-hydrogen) atoms. The lowest BCUT2D eigenvalue weighted by molar-refractivity contribution is 0.497. The third kappa shape index (κ3) is 3.74. The van der Waals surface area contributed by atoms with Gasteiger partial charge in [0.05, 0.1) is 17.1 Å². The van der Waals surface area contributed by atoms with Gasteiger partial charge in [-0.3, -0.25) is 4.68 Å². The summed E-state index contributed by atoms with van der Waals surface area (Å²) in [7, 11) is 1.92. The average Bonchev–Trinajstić information content (AvgIpc) is 3.18. The Balaban J connectivity index is 1.62. The molecule has 1 aliphatic heterocycles. The smallest absolute Gasteiger partial charge is 0.151 e. The standard InChI is InChI=1S/C24H23N7/c1-30-15-19-7-6-18(12-22(19)29-30)24-21(17-4-2-16(14-25)3-5-17)13-23(27-28-24)31-10-8-20(26)9-11-31/h2-7,12-13,15,20H,8-11,26H2,1H3. The molecule has 0 radical (unpaired) electrons. The second kappa shape index (κ2) is 7.82. The Morgan fingerprint density at radius 1 is 1.00 bits per heavy atom. The largest absolute Gasteiger partial charge is 0.355 e. The molecule has 0 saturated carbocycles. The van der Waals surface area contributed by atoms with Gasteiger partial charge in [0.2, 0.25) is 0 Å². The summed E-state index contributed by atoms with van der Waals surface area (Å²) in [5, 5.41) is 24.0. The fourth-order valence-electron chi connectivity index (χ4n) is 4.11. The first kappa shape index (κ1) is 19.2. The number of nitriles is 1. The van der Waals surface area contributed by atoms with Crippen LogP contribution in [0, 0.1) is 11.3 Å². The van der Waals surface area contributed by atoms with E-state index in [1.165, 1.54) is 0 Å². The number of aryl methyl sites for hydroxylation is 1. The van der Waals surface area contributed by atoms with E-state index < -0.39 is 0 Å². The summed E-state index contributed by atoms with van der Waals surface area (Å²) in [5.74, 6) is 0.855. The molecule has 7 nitrogen and oxygen atoms in total. The number of benzene rings is 2. The molecular formula is C24H23N7. The highest BCUT2D eigenvalue weighted by Crippen LogP contribution is 2.34. The second-order valence-corrected chi connectivity index (χ2v) is 8.05. The Hall–Kier alpha value is -3.76. The minimum atomic E-state index is 0.256. The van der Waals surface area contributed by atoms with Crippen molar-refractivity contribution in [3.05, 3.63) is 60.3 Å². The van der Waals surface area contributed by atoms with Crippen molar-refractivity contribution in [2.45, 2.75) is 18.9 Å². The maximum atomic E-state index is 9.17. The van der Waals surface area contributed by atoms with Crippen LogP contribution < -0.4 is 10.6 Å². The highest BCUT2D eigenvalue weighted by molar-refractivity contribution is 5.88. The molecular weight excluding hydrogens is 386 g/mol. The van der Waals surface area contributed by atoms with Gasteiger partial charge in [0.15, 0.2) is 5.82 Å². The predicted octanol–water partition coefficient (Wildman–Crippen LogP) is 3.50. The van der Waals surface area contributed by atoms with Crippen LogP contribution >= 0.6 is 0 Å². The van der Waals surface area contributed by atoms with Crippen LogP contribution in [0.3, 0.4) is 0 Å². The van der Waals surface area contributed by atoms with Gasteiger partial charge in [-0.15, -0.1) is 10.2 Å². The maximum absolute atomic E-state index is 9.17. The summed E-state index contributed by atoms with van der Waals surface area (Å²) in [6, 6.07) is 18.3. The van der Waals surface area contributed by atoms with Crippen LogP contribution in [0.4, 0.5) is 5.82 Å². The van der Waals surface area contributed by atoms with Crippen molar-refractivity contribution in [3.63, 3.8) is 0 Å². The van der Waals surface area contributed by atoms with Gasteiger partial charge in [0, 0.05) is 48.9 Å². The lowest BCUT2D eigenvalue weighted by Gasteiger charge is -2.31. The average molecular weight is 409 g/mol. The minimum absolute atomic E-state index is 0.256. The van der Waals surface area contributed by atoms with Crippen molar-refractivity contribution >= 4 is 16.7 Å². The van der Waals surface area contributed by atoms with E-state index in [1.54, 1.807) is 0 Å². The van der Waals surface area contributed by atoms with E-state index in [9.17, 15) is 5.26 Å². The van der Waals surface area contributed by atoms with Gasteiger partial charge in [0.1, 0.15) is 5.69 Å². The van der Waals surface area contributed by atoms with Crippen LogP contribution in [-0.4, -0.2) is 39.1 Å². The van der Waals surface area contributed by atoms with Crippen molar-refractivity contribution in [1.29, 1.82) is 5.26 Å². The van der Waals surface area contributed by atoms with Crippen molar-refractivity contribution < 1.29 is 0 Å². The van der Waals surface area contributed by atoms with Crippen LogP contribution in [0.25, 0.3) is 33.3 Å². The molecule has 0 spiro atoms. The molecule has 5 rings (SSSR count). The Morgan fingerprint density at radius 2 is 1.74 bits per heavy atom. The van der Waals surface area contributed by atoms with Gasteiger partial charge in [-0.05, 0) is 42.7 Å². The first-order chi connectivity index (χ1) is 15.1. The zero-order valence-electron chi connectivity index (χ0n) is 17.4. The molecule has 4 aromatic rings. The third-order valence-corrected chi connectivity index (χ3v) is 5.86. The van der Waals surface area contributed by atoms with Crippen molar-refractivity contribution in [3.8, 4) is 28.5 Å². The van der Waals surface area contributed by atoms with Crippen LogP contribution in [0.15, 0.2) is 54.7 Å². The molecule has 0 bridgehead atoms. The van der Waals surface area contributed by atoms with Crippen molar-refractivity contribution in [1.82, 2.24) is 20.0 Å². The van der Waals surface area contributed by atoms with Gasteiger partial charge < -0.3 is 10.6 Å². The number of nitrogens with two attached hydrogens (primary N) is 1. The van der Waals surface area contributed by atoms with E-state index in [0.717, 1.165) is 65.0 Å². The molecule has 1 saturated heterocycles. The molecule has 0 unspecified atom stereocenters. The number of fused-ring (bicyclic) bond motifs is 1. The van der Waals surface area contributed by atoms with Gasteiger partial charge in [-0.1, -0.05) is 24.3 Å². The topological polar surface area (TPSA) is 96.6 Å². The van der Waals surface area contributed by atoms with E-state index in [2.05, 4.69) is 44.5 Å². The number of nitrogens with zero attached hydrogens (tertiary/aromatic N) is 6. The number of anilines is 1. The summed E-state index contributed by atoms with van der Waals surface area (Å²) in [4.78, 5) is 2.25. The Morgan fingerprint density at radius 3 is 2.48 bits per heavy atom. The van der Waals surface area contributed by atoms with E-state index in [0.29, 0.717) is 5.56 Å². The van der Waals surface area contributed by atoms with E-state index >= 15 is 0 Å². The lowest BCUT2D eigenvalue weighted by atomic mass is 9.98. The normalized spacial score (nSPS) is 14.7. The molecule has 154 valence electrons. The summed E-state index contributed by atoms with van der Waals surface area (Å²) in [6.45, 7) is 1.75. The van der Waals surface area contributed by atoms with E-state index in [-0.39, 0.29) is 6.04 Å². The monoisotopic (exact) mass is 409 g/mol. The van der Waals surface area contributed by atoms with Crippen LogP contribution in [0.2, 0.25) is 0 Å².